The zero-order chi connectivity index (χ0) is 15.6. The van der Waals surface area contributed by atoms with Crippen LogP contribution in [0.4, 0.5) is 5.69 Å². The lowest BCUT2D eigenvalue weighted by molar-refractivity contribution is 0.0694. The van der Waals surface area contributed by atoms with Gasteiger partial charge in [-0.25, -0.2) is 13.2 Å². The van der Waals surface area contributed by atoms with Crippen LogP contribution < -0.4 is 10.5 Å². The Hall–Kier alpha value is -2.54. The summed E-state index contributed by atoms with van der Waals surface area (Å²) in [5.74, 6) is -1.01. The van der Waals surface area contributed by atoms with Crippen molar-refractivity contribution in [2.24, 2.45) is 0 Å². The van der Waals surface area contributed by atoms with Crippen LogP contribution >= 0.6 is 0 Å². The average Bonchev–Trinajstić information content (AvgIpc) is 2.40. The quantitative estimate of drug-likeness (QED) is 0.838. The number of carboxylic acid groups (broad SMARTS) is 1. The highest BCUT2D eigenvalue weighted by atomic mass is 32.2. The van der Waals surface area contributed by atoms with E-state index >= 15 is 0 Å². The molecule has 0 saturated heterocycles. The molecule has 0 amide bonds. The lowest BCUT2D eigenvalue weighted by Gasteiger charge is -2.11. The lowest BCUT2D eigenvalue weighted by atomic mass is 10.1. The molecule has 0 aliphatic carbocycles. The van der Waals surface area contributed by atoms with E-state index in [-0.39, 0.29) is 27.6 Å². The van der Waals surface area contributed by atoms with Crippen LogP contribution in [0, 0.1) is 0 Å². The summed E-state index contributed by atoms with van der Waals surface area (Å²) < 4.78 is 28.5. The molecule has 2 aromatic rings. The average molecular weight is 307 g/mol. The Morgan fingerprint density at radius 3 is 2.48 bits per heavy atom. The van der Waals surface area contributed by atoms with Gasteiger partial charge in [-0.05, 0) is 30.3 Å². The number of aromatic carboxylic acids is 1. The van der Waals surface area contributed by atoms with Crippen LogP contribution in [0.5, 0.6) is 11.5 Å². The van der Waals surface area contributed by atoms with Crippen LogP contribution in [0.3, 0.4) is 0 Å². The molecule has 6 nitrogen and oxygen atoms in total. The molecule has 110 valence electrons. The summed E-state index contributed by atoms with van der Waals surface area (Å²) in [6.45, 7) is 0. The van der Waals surface area contributed by atoms with Crippen LogP contribution in [0.15, 0.2) is 47.4 Å². The number of rotatable bonds is 4. The van der Waals surface area contributed by atoms with E-state index in [1.165, 1.54) is 42.5 Å². The second-order valence-electron chi connectivity index (χ2n) is 4.38. The number of hydrogen-bond donors (Lipinski definition) is 2. The molecule has 0 atom stereocenters. The first-order valence-electron chi connectivity index (χ1n) is 5.89. The number of anilines is 1. The summed E-state index contributed by atoms with van der Waals surface area (Å²) in [6, 6.07) is 10.1. The summed E-state index contributed by atoms with van der Waals surface area (Å²) >= 11 is 0. The predicted octanol–water partition coefficient (Wildman–Crippen LogP) is 2.16. The molecule has 7 heteroatoms. The Morgan fingerprint density at radius 2 is 1.86 bits per heavy atom. The third-order valence-electron chi connectivity index (χ3n) is 2.73. The van der Waals surface area contributed by atoms with E-state index in [1.807, 2.05) is 0 Å². The number of nitrogen functional groups attached to an aromatic ring is 1. The van der Waals surface area contributed by atoms with E-state index in [1.54, 1.807) is 0 Å². The van der Waals surface area contributed by atoms with Crippen molar-refractivity contribution < 1.29 is 23.1 Å². The minimum Gasteiger partial charge on any atom is -0.478 e. The molecule has 0 aromatic heterocycles. The van der Waals surface area contributed by atoms with Crippen LogP contribution in [0.2, 0.25) is 0 Å². The van der Waals surface area contributed by atoms with Crippen LogP contribution in [-0.4, -0.2) is 25.7 Å². The fraction of sp³-hybridized carbons (Fsp3) is 0.0714. The number of nitrogens with two attached hydrogens (primary N) is 1. The van der Waals surface area contributed by atoms with Crippen LogP contribution in [-0.2, 0) is 9.84 Å². The molecule has 0 fully saturated rings. The molecular formula is C14H13NO5S. The molecule has 0 radical (unpaired) electrons. The number of ether oxygens (including phenoxy) is 1. The second-order valence-corrected chi connectivity index (χ2v) is 6.39. The molecule has 2 aromatic carbocycles. The highest BCUT2D eigenvalue weighted by Crippen LogP contribution is 2.32. The van der Waals surface area contributed by atoms with Gasteiger partial charge in [0.15, 0.2) is 15.6 Å². The van der Waals surface area contributed by atoms with Crippen molar-refractivity contribution in [1.29, 1.82) is 0 Å². The topological polar surface area (TPSA) is 107 Å². The molecule has 21 heavy (non-hydrogen) atoms. The van der Waals surface area contributed by atoms with Gasteiger partial charge in [-0.3, -0.25) is 0 Å². The van der Waals surface area contributed by atoms with Crippen molar-refractivity contribution in [1.82, 2.24) is 0 Å². The van der Waals surface area contributed by atoms with Crippen LogP contribution in [0.25, 0.3) is 0 Å². The van der Waals surface area contributed by atoms with Crippen molar-refractivity contribution in [3.63, 3.8) is 0 Å². The van der Waals surface area contributed by atoms with E-state index in [2.05, 4.69) is 0 Å². The van der Waals surface area contributed by atoms with E-state index < -0.39 is 15.8 Å². The predicted molar refractivity (Wildman–Crippen MR) is 77.4 cm³/mol. The zero-order valence-corrected chi connectivity index (χ0v) is 11.9. The second kappa shape index (κ2) is 5.45. The normalized spacial score (nSPS) is 11.1. The maximum Gasteiger partial charge on any atom is 0.339 e. The van der Waals surface area contributed by atoms with Gasteiger partial charge >= 0.3 is 5.97 Å². The van der Waals surface area contributed by atoms with E-state index in [4.69, 9.17) is 15.6 Å². The van der Waals surface area contributed by atoms with E-state index in [9.17, 15) is 13.2 Å². The maximum absolute atomic E-state index is 11.5. The van der Waals surface area contributed by atoms with Crippen molar-refractivity contribution in [3.05, 3.63) is 48.0 Å². The van der Waals surface area contributed by atoms with Crippen LogP contribution in [0.1, 0.15) is 10.4 Å². The SMILES string of the molecule is CS(=O)(=O)c1cccc(Oc2c(N)cccc2C(=O)O)c1. The van der Waals surface area contributed by atoms with Gasteiger partial charge < -0.3 is 15.6 Å². The van der Waals surface area contributed by atoms with Gasteiger partial charge in [0, 0.05) is 6.26 Å². The molecule has 2 rings (SSSR count). The minimum absolute atomic E-state index is 0.0179. The van der Waals surface area contributed by atoms with Crippen molar-refractivity contribution in [3.8, 4) is 11.5 Å². The number of carbonyl (C=O) groups is 1. The molecule has 0 bridgehead atoms. The fourth-order valence-corrected chi connectivity index (χ4v) is 2.38. The lowest BCUT2D eigenvalue weighted by Crippen LogP contribution is -2.03. The van der Waals surface area contributed by atoms with Gasteiger partial charge in [0.05, 0.1) is 10.6 Å². The summed E-state index contributed by atoms with van der Waals surface area (Å²) in [5, 5.41) is 9.12. The molecule has 3 N–H and O–H groups in total. The summed E-state index contributed by atoms with van der Waals surface area (Å²) in [6.07, 6.45) is 1.08. The van der Waals surface area contributed by atoms with Crippen molar-refractivity contribution in [2.75, 3.05) is 12.0 Å². The van der Waals surface area contributed by atoms with Crippen molar-refractivity contribution in [2.45, 2.75) is 4.90 Å². The van der Waals surface area contributed by atoms with Gasteiger partial charge in [0.2, 0.25) is 0 Å². The smallest absolute Gasteiger partial charge is 0.339 e. The zero-order valence-electron chi connectivity index (χ0n) is 11.1. The summed E-state index contributed by atoms with van der Waals surface area (Å²) in [4.78, 5) is 11.2. The maximum atomic E-state index is 11.5. The third-order valence-corrected chi connectivity index (χ3v) is 3.84. The molecule has 0 saturated carbocycles. The first-order chi connectivity index (χ1) is 9.79. The number of benzene rings is 2. The van der Waals surface area contributed by atoms with Gasteiger partial charge in [-0.1, -0.05) is 12.1 Å². The largest absolute Gasteiger partial charge is 0.478 e. The highest BCUT2D eigenvalue weighted by molar-refractivity contribution is 7.90. The fourth-order valence-electron chi connectivity index (χ4n) is 1.72. The first kappa shape index (κ1) is 14.9. The Kier molecular flexibility index (Phi) is 3.86. The van der Waals surface area contributed by atoms with E-state index in [0.717, 1.165) is 6.26 Å². The Morgan fingerprint density at radius 1 is 1.19 bits per heavy atom. The summed E-state index contributed by atoms with van der Waals surface area (Å²) in [5.41, 5.74) is 5.78. The highest BCUT2D eigenvalue weighted by Gasteiger charge is 2.16. The monoisotopic (exact) mass is 307 g/mol. The number of hydrogen-bond acceptors (Lipinski definition) is 5. The van der Waals surface area contributed by atoms with Gasteiger partial charge in [-0.15, -0.1) is 0 Å². The summed E-state index contributed by atoms with van der Waals surface area (Å²) in [7, 11) is -3.38. The Bertz CT molecular complexity index is 799. The Balaban J connectivity index is 2.46. The number of carboxylic acids is 1. The van der Waals surface area contributed by atoms with Gasteiger partial charge in [0.1, 0.15) is 11.3 Å². The third kappa shape index (κ3) is 3.32. The number of sulfone groups is 1. The van der Waals surface area contributed by atoms with Crippen molar-refractivity contribution >= 4 is 21.5 Å². The molecule has 0 heterocycles. The molecule has 0 spiro atoms. The molecule has 0 aliphatic heterocycles. The Labute approximate surface area is 121 Å². The first-order valence-corrected chi connectivity index (χ1v) is 7.78. The van der Waals surface area contributed by atoms with Gasteiger partial charge in [-0.2, -0.15) is 0 Å². The number of para-hydroxylation sites is 1. The van der Waals surface area contributed by atoms with E-state index in [0.29, 0.717) is 0 Å². The standard InChI is InChI=1S/C14H13NO5S/c1-21(18,19)10-5-2-4-9(8-10)20-13-11(14(16)17)6-3-7-12(13)15/h2-8H,15H2,1H3,(H,16,17). The molecular weight excluding hydrogens is 294 g/mol. The van der Waals surface area contributed by atoms with Gasteiger partial charge in [0.25, 0.3) is 0 Å². The molecule has 0 aliphatic rings. The minimum atomic E-state index is -3.38. The molecule has 0 unspecified atom stereocenters.